The topological polar surface area (TPSA) is 102 Å². The van der Waals surface area contributed by atoms with Gasteiger partial charge in [0.1, 0.15) is 11.5 Å². The van der Waals surface area contributed by atoms with Gasteiger partial charge in [-0.2, -0.15) is 0 Å². The predicted octanol–water partition coefficient (Wildman–Crippen LogP) is 3.95. The molecule has 0 aliphatic heterocycles. The number of nitrogens with one attached hydrogen (secondary N) is 2. The number of ether oxygens (including phenoxy) is 2. The van der Waals surface area contributed by atoms with E-state index in [0.717, 1.165) is 5.69 Å². The third-order valence-electron chi connectivity index (χ3n) is 5.00. The van der Waals surface area contributed by atoms with Gasteiger partial charge < -0.3 is 19.8 Å². The molecule has 0 atom stereocenters. The van der Waals surface area contributed by atoms with Crippen LogP contribution in [0.5, 0.6) is 11.5 Å². The predicted molar refractivity (Wildman–Crippen MR) is 123 cm³/mol. The van der Waals surface area contributed by atoms with Crippen molar-refractivity contribution < 1.29 is 19.1 Å². The second kappa shape index (κ2) is 9.27. The number of anilines is 1. The summed E-state index contributed by atoms with van der Waals surface area (Å²) in [5, 5.41) is 2.78. The number of para-hydroxylation sites is 1. The molecular weight excluding hydrogens is 422 g/mol. The Hall–Kier alpha value is -4.59. The Bertz CT molecular complexity index is 1350. The number of H-pyrrole nitrogens is 1. The Morgan fingerprint density at radius 1 is 0.939 bits per heavy atom. The molecule has 1 heterocycles. The van der Waals surface area contributed by atoms with Crippen LogP contribution in [0.15, 0.2) is 83.8 Å². The lowest BCUT2D eigenvalue weighted by Crippen LogP contribution is -2.16. The minimum absolute atomic E-state index is 0.249. The Kier molecular flexibility index (Phi) is 6.08. The molecule has 0 unspecified atom stereocenters. The van der Waals surface area contributed by atoms with Gasteiger partial charge in [-0.1, -0.05) is 12.1 Å². The van der Waals surface area contributed by atoms with E-state index in [-0.39, 0.29) is 11.6 Å². The second-order valence-corrected chi connectivity index (χ2v) is 7.19. The van der Waals surface area contributed by atoms with Crippen molar-refractivity contribution in [2.45, 2.75) is 6.92 Å². The Labute approximate surface area is 189 Å². The highest BCUT2D eigenvalue weighted by atomic mass is 16.5. The van der Waals surface area contributed by atoms with Gasteiger partial charge in [0.25, 0.3) is 5.91 Å². The molecule has 4 aromatic rings. The largest absolute Gasteiger partial charge is 0.496 e. The summed E-state index contributed by atoms with van der Waals surface area (Å²) in [4.78, 5) is 39.5. The molecule has 1 amide bonds. The van der Waals surface area contributed by atoms with Crippen LogP contribution in [0.1, 0.15) is 26.4 Å². The van der Waals surface area contributed by atoms with Crippen LogP contribution in [-0.4, -0.2) is 28.5 Å². The molecule has 0 saturated carbocycles. The quantitative estimate of drug-likeness (QED) is 0.347. The molecule has 8 heteroatoms. The number of benzene rings is 3. The van der Waals surface area contributed by atoms with Gasteiger partial charge in [0.15, 0.2) is 0 Å². The standard InChI is InChI=1S/C25H21N3O5/c1-16-15-26-25(31)28(16)19-11-7-17(8-12-19)24(30)33-20-13-9-18(10-14-20)27-23(29)21-5-3-4-6-22(21)32-2/h3-15H,1-2H3,(H,26,31)(H,27,29). The minimum atomic E-state index is -0.537. The number of amides is 1. The molecular formula is C25H21N3O5. The highest BCUT2D eigenvalue weighted by Crippen LogP contribution is 2.21. The number of aromatic amines is 1. The first-order valence-electron chi connectivity index (χ1n) is 10.1. The van der Waals surface area contributed by atoms with Gasteiger partial charge in [-0.05, 0) is 67.6 Å². The Balaban J connectivity index is 1.41. The molecule has 1 aromatic heterocycles. The molecule has 3 aromatic carbocycles. The van der Waals surface area contributed by atoms with E-state index in [0.29, 0.717) is 34.0 Å². The first kappa shape index (κ1) is 21.6. The number of hydrogen-bond acceptors (Lipinski definition) is 5. The molecule has 0 bridgehead atoms. The van der Waals surface area contributed by atoms with E-state index >= 15 is 0 Å². The molecule has 0 aliphatic carbocycles. The molecule has 33 heavy (non-hydrogen) atoms. The maximum Gasteiger partial charge on any atom is 0.343 e. The molecule has 8 nitrogen and oxygen atoms in total. The summed E-state index contributed by atoms with van der Waals surface area (Å²) >= 11 is 0. The number of esters is 1. The van der Waals surface area contributed by atoms with E-state index < -0.39 is 5.97 Å². The van der Waals surface area contributed by atoms with Crippen molar-refractivity contribution in [1.29, 1.82) is 0 Å². The number of aromatic nitrogens is 2. The molecule has 166 valence electrons. The molecule has 0 radical (unpaired) electrons. The zero-order chi connectivity index (χ0) is 23.4. The SMILES string of the molecule is COc1ccccc1C(=O)Nc1ccc(OC(=O)c2ccc(-n3c(C)c[nH]c3=O)cc2)cc1. The van der Waals surface area contributed by atoms with Crippen molar-refractivity contribution in [2.75, 3.05) is 12.4 Å². The van der Waals surface area contributed by atoms with Gasteiger partial charge in [-0.25, -0.2) is 9.59 Å². The van der Waals surface area contributed by atoms with Gasteiger partial charge in [-0.15, -0.1) is 0 Å². The summed E-state index contributed by atoms with van der Waals surface area (Å²) in [5.74, 6) is -0.0419. The van der Waals surface area contributed by atoms with E-state index in [4.69, 9.17) is 9.47 Å². The number of rotatable bonds is 6. The number of imidazole rings is 1. The number of nitrogens with zero attached hydrogens (tertiary/aromatic N) is 1. The maximum atomic E-state index is 12.5. The van der Waals surface area contributed by atoms with Crippen LogP contribution in [0, 0.1) is 6.92 Å². The second-order valence-electron chi connectivity index (χ2n) is 7.19. The average molecular weight is 443 g/mol. The van der Waals surface area contributed by atoms with Gasteiger partial charge in [0.05, 0.1) is 23.9 Å². The van der Waals surface area contributed by atoms with Crippen molar-refractivity contribution in [1.82, 2.24) is 9.55 Å². The highest BCUT2D eigenvalue weighted by molar-refractivity contribution is 6.06. The van der Waals surface area contributed by atoms with Crippen molar-refractivity contribution in [3.63, 3.8) is 0 Å². The molecule has 4 rings (SSSR count). The first-order valence-corrected chi connectivity index (χ1v) is 10.1. The first-order chi connectivity index (χ1) is 16.0. The van der Waals surface area contributed by atoms with Crippen LogP contribution in [-0.2, 0) is 0 Å². The van der Waals surface area contributed by atoms with Crippen LogP contribution < -0.4 is 20.5 Å². The maximum absolute atomic E-state index is 12.5. The van der Waals surface area contributed by atoms with Gasteiger partial charge in [-0.3, -0.25) is 9.36 Å². The van der Waals surface area contributed by atoms with Crippen molar-refractivity contribution in [2.24, 2.45) is 0 Å². The average Bonchev–Trinajstić information content (AvgIpc) is 3.18. The normalized spacial score (nSPS) is 10.5. The molecule has 0 saturated heterocycles. The third kappa shape index (κ3) is 4.69. The van der Waals surface area contributed by atoms with E-state index in [2.05, 4.69) is 10.3 Å². The van der Waals surface area contributed by atoms with E-state index in [9.17, 15) is 14.4 Å². The van der Waals surface area contributed by atoms with E-state index in [1.807, 2.05) is 6.92 Å². The van der Waals surface area contributed by atoms with E-state index in [1.165, 1.54) is 11.7 Å². The lowest BCUT2D eigenvalue weighted by atomic mass is 10.2. The fraction of sp³-hybridized carbons (Fsp3) is 0.0800. The highest BCUT2D eigenvalue weighted by Gasteiger charge is 2.13. The van der Waals surface area contributed by atoms with Gasteiger partial charge in [0, 0.05) is 17.6 Å². The van der Waals surface area contributed by atoms with Crippen LogP contribution in [0.2, 0.25) is 0 Å². The molecule has 2 N–H and O–H groups in total. The van der Waals surface area contributed by atoms with E-state index in [1.54, 1.807) is 79.0 Å². The number of aryl methyl sites for hydroxylation is 1. The zero-order valence-electron chi connectivity index (χ0n) is 18.0. The number of carbonyl (C=O) groups excluding carboxylic acids is 2. The lowest BCUT2D eigenvalue weighted by molar-refractivity contribution is 0.0734. The smallest absolute Gasteiger partial charge is 0.343 e. The summed E-state index contributed by atoms with van der Waals surface area (Å²) in [6, 6.07) is 19.9. The molecule has 0 spiro atoms. The Morgan fingerprint density at radius 2 is 1.64 bits per heavy atom. The monoisotopic (exact) mass is 443 g/mol. The number of methoxy groups -OCH3 is 1. The summed E-state index contributed by atoms with van der Waals surface area (Å²) in [6.45, 7) is 1.81. The lowest BCUT2D eigenvalue weighted by Gasteiger charge is -2.10. The van der Waals surface area contributed by atoms with Crippen molar-refractivity contribution in [3.8, 4) is 17.2 Å². The summed E-state index contributed by atoms with van der Waals surface area (Å²) in [7, 11) is 1.50. The van der Waals surface area contributed by atoms with Crippen LogP contribution in [0.4, 0.5) is 5.69 Å². The fourth-order valence-corrected chi connectivity index (χ4v) is 3.33. The minimum Gasteiger partial charge on any atom is -0.496 e. The molecule has 0 aliphatic rings. The van der Waals surface area contributed by atoms with Gasteiger partial charge in [0.2, 0.25) is 0 Å². The summed E-state index contributed by atoms with van der Waals surface area (Å²) in [6.07, 6.45) is 1.62. The number of carbonyl (C=O) groups is 2. The van der Waals surface area contributed by atoms with Crippen LogP contribution in [0.3, 0.4) is 0 Å². The molecule has 0 fully saturated rings. The van der Waals surface area contributed by atoms with Crippen LogP contribution in [0.25, 0.3) is 5.69 Å². The summed E-state index contributed by atoms with van der Waals surface area (Å²) in [5.41, 5.74) is 2.45. The van der Waals surface area contributed by atoms with Crippen molar-refractivity contribution >= 4 is 17.6 Å². The summed E-state index contributed by atoms with van der Waals surface area (Å²) < 4.78 is 12.1. The Morgan fingerprint density at radius 3 is 2.27 bits per heavy atom. The van der Waals surface area contributed by atoms with Gasteiger partial charge >= 0.3 is 11.7 Å². The van der Waals surface area contributed by atoms with Crippen LogP contribution >= 0.6 is 0 Å². The number of hydrogen-bond donors (Lipinski definition) is 2. The van der Waals surface area contributed by atoms with Crippen molar-refractivity contribution in [3.05, 3.63) is 106 Å². The zero-order valence-corrected chi connectivity index (χ0v) is 18.0. The third-order valence-corrected chi connectivity index (χ3v) is 5.00. The fourth-order valence-electron chi connectivity index (χ4n) is 3.33.